The van der Waals surface area contributed by atoms with Gasteiger partial charge in [0.2, 0.25) is 5.91 Å². The van der Waals surface area contributed by atoms with Gasteiger partial charge in [-0.25, -0.2) is 16.8 Å². The van der Waals surface area contributed by atoms with Crippen molar-refractivity contribution in [3.63, 3.8) is 0 Å². The maximum Gasteiger partial charge on any atom is 0.231 e. The molecule has 2 heterocycles. The molecule has 42 heavy (non-hydrogen) atoms. The first kappa shape index (κ1) is 27.9. The van der Waals surface area contributed by atoms with Crippen molar-refractivity contribution < 1.29 is 26.4 Å². The van der Waals surface area contributed by atoms with E-state index in [1.165, 1.54) is 35.2 Å². The van der Waals surface area contributed by atoms with Crippen LogP contribution in [0.3, 0.4) is 0 Å². The summed E-state index contributed by atoms with van der Waals surface area (Å²) in [6.07, 6.45) is 1.53. The minimum Gasteiger partial charge on any atom is -0.491 e. The summed E-state index contributed by atoms with van der Waals surface area (Å²) in [6.45, 7) is 0.239. The second-order valence-corrected chi connectivity index (χ2v) is 14.6. The van der Waals surface area contributed by atoms with Crippen LogP contribution in [0.4, 0.5) is 0 Å². The molecule has 1 fully saturated rings. The standard InChI is InChI=1S/C33H29NO6S2/c35-33-28-21-29(40-23-25-15-7-2-8-16-25)30(34(33)22-24-13-5-1-6-14-24)32(42(38,39)27-19-11-4-12-20-27)31(28)41(36,37)26-17-9-3-10-18-26/h1-21,28,30-32H,22-23H2/t28-,30+,31+,32+/m1/s1. The largest absolute Gasteiger partial charge is 0.491 e. The number of amides is 1. The van der Waals surface area contributed by atoms with E-state index in [0.29, 0.717) is 0 Å². The predicted octanol–water partition coefficient (Wildman–Crippen LogP) is 4.81. The van der Waals surface area contributed by atoms with E-state index in [2.05, 4.69) is 0 Å². The predicted molar refractivity (Wildman–Crippen MR) is 158 cm³/mol. The number of hydrogen-bond acceptors (Lipinski definition) is 6. The zero-order valence-corrected chi connectivity index (χ0v) is 24.2. The molecule has 7 rings (SSSR count). The Hall–Kier alpha value is -4.21. The van der Waals surface area contributed by atoms with E-state index < -0.39 is 48.0 Å². The number of benzene rings is 4. The summed E-state index contributed by atoms with van der Waals surface area (Å²) < 4.78 is 63.8. The molecule has 7 nitrogen and oxygen atoms in total. The van der Waals surface area contributed by atoms with Crippen molar-refractivity contribution in [3.05, 3.63) is 144 Å². The molecular formula is C33H29NO6S2. The molecule has 0 spiro atoms. The van der Waals surface area contributed by atoms with Gasteiger partial charge in [-0.3, -0.25) is 4.79 Å². The highest BCUT2D eigenvalue weighted by atomic mass is 32.2. The average molecular weight is 600 g/mol. The van der Waals surface area contributed by atoms with Crippen molar-refractivity contribution in [2.45, 2.75) is 39.5 Å². The molecule has 0 N–H and O–H groups in total. The summed E-state index contributed by atoms with van der Waals surface area (Å²) in [6, 6.07) is 33.0. The van der Waals surface area contributed by atoms with Gasteiger partial charge in [-0.15, -0.1) is 0 Å². The van der Waals surface area contributed by atoms with Crippen LogP contribution in [0.15, 0.2) is 143 Å². The van der Waals surface area contributed by atoms with Crippen LogP contribution < -0.4 is 0 Å². The summed E-state index contributed by atoms with van der Waals surface area (Å²) in [4.78, 5) is 15.5. The van der Waals surface area contributed by atoms with E-state index in [4.69, 9.17) is 4.74 Å². The SMILES string of the molecule is O=C1[C@@H]2C=C(OCc3ccccc3)[C@@H]([C@H](S(=O)(=O)c3ccccc3)[C@H]2S(=O)(=O)c2ccccc2)N1Cc1ccccc1. The summed E-state index contributed by atoms with van der Waals surface area (Å²) in [5.74, 6) is -1.43. The van der Waals surface area contributed by atoms with Gasteiger partial charge in [0.05, 0.1) is 15.7 Å². The number of carbonyl (C=O) groups excluding carboxylic acids is 1. The normalized spacial score (nSPS) is 22.0. The van der Waals surface area contributed by atoms with Crippen molar-refractivity contribution in [3.8, 4) is 0 Å². The van der Waals surface area contributed by atoms with Crippen molar-refractivity contribution in [1.82, 2.24) is 4.90 Å². The topological polar surface area (TPSA) is 97.8 Å². The lowest BCUT2D eigenvalue weighted by atomic mass is 9.82. The fourth-order valence-electron chi connectivity index (χ4n) is 5.87. The van der Waals surface area contributed by atoms with E-state index >= 15 is 0 Å². The van der Waals surface area contributed by atoms with E-state index in [0.717, 1.165) is 11.1 Å². The molecule has 2 bridgehead atoms. The van der Waals surface area contributed by atoms with E-state index in [-0.39, 0.29) is 28.7 Å². The van der Waals surface area contributed by atoms with Gasteiger partial charge < -0.3 is 9.64 Å². The molecule has 1 aliphatic carbocycles. The number of ether oxygens (including phenoxy) is 1. The number of piperidine rings is 1. The van der Waals surface area contributed by atoms with Crippen LogP contribution in [0.1, 0.15) is 11.1 Å². The van der Waals surface area contributed by atoms with Crippen LogP contribution in [-0.2, 0) is 42.4 Å². The van der Waals surface area contributed by atoms with Gasteiger partial charge in [-0.1, -0.05) is 97.1 Å². The molecule has 214 valence electrons. The smallest absolute Gasteiger partial charge is 0.231 e. The molecule has 0 aromatic heterocycles. The number of hydrogen-bond donors (Lipinski definition) is 0. The lowest BCUT2D eigenvalue weighted by molar-refractivity contribution is -0.142. The Morgan fingerprint density at radius 2 is 1.05 bits per heavy atom. The molecule has 1 amide bonds. The Kier molecular flexibility index (Phi) is 7.47. The monoisotopic (exact) mass is 599 g/mol. The molecule has 0 unspecified atom stereocenters. The lowest BCUT2D eigenvalue weighted by Gasteiger charge is -2.51. The van der Waals surface area contributed by atoms with E-state index in [1.54, 1.807) is 36.4 Å². The Labute approximate surface area is 245 Å². The van der Waals surface area contributed by atoms with Crippen LogP contribution >= 0.6 is 0 Å². The number of nitrogens with zero attached hydrogens (tertiary/aromatic N) is 1. The van der Waals surface area contributed by atoms with E-state index in [1.807, 2.05) is 60.7 Å². The fraction of sp³-hybridized carbons (Fsp3) is 0.182. The number of sulfone groups is 2. The van der Waals surface area contributed by atoms with Gasteiger partial charge in [0.1, 0.15) is 28.9 Å². The van der Waals surface area contributed by atoms with Gasteiger partial charge in [0, 0.05) is 6.54 Å². The number of carbonyl (C=O) groups is 1. The molecule has 0 saturated carbocycles. The maximum atomic E-state index is 14.5. The maximum absolute atomic E-state index is 14.5. The Balaban J connectivity index is 1.53. The van der Waals surface area contributed by atoms with Gasteiger partial charge >= 0.3 is 0 Å². The quantitative estimate of drug-likeness (QED) is 0.274. The lowest BCUT2D eigenvalue weighted by Crippen LogP contribution is -2.68. The first-order valence-corrected chi connectivity index (χ1v) is 16.7. The van der Waals surface area contributed by atoms with Crippen molar-refractivity contribution >= 4 is 25.6 Å². The summed E-state index contributed by atoms with van der Waals surface area (Å²) in [5.41, 5.74) is 1.65. The molecule has 4 atom stereocenters. The number of rotatable bonds is 9. The zero-order valence-electron chi connectivity index (χ0n) is 22.6. The van der Waals surface area contributed by atoms with Gasteiger partial charge in [-0.2, -0.15) is 0 Å². The van der Waals surface area contributed by atoms with Gasteiger partial charge in [0.25, 0.3) is 0 Å². The molecule has 3 aliphatic rings. The highest BCUT2D eigenvalue weighted by Gasteiger charge is 2.62. The highest BCUT2D eigenvalue weighted by Crippen LogP contribution is 2.46. The molecule has 0 radical (unpaired) electrons. The Morgan fingerprint density at radius 3 is 1.57 bits per heavy atom. The third kappa shape index (κ3) is 5.03. The molecule has 4 aromatic carbocycles. The minimum atomic E-state index is -4.29. The fourth-order valence-corrected chi connectivity index (χ4v) is 10.7. The van der Waals surface area contributed by atoms with Crippen LogP contribution in [0.25, 0.3) is 0 Å². The van der Waals surface area contributed by atoms with E-state index in [9.17, 15) is 21.6 Å². The Morgan fingerprint density at radius 1 is 0.595 bits per heavy atom. The van der Waals surface area contributed by atoms with Crippen molar-refractivity contribution in [2.75, 3.05) is 0 Å². The summed E-state index contributed by atoms with van der Waals surface area (Å²) in [5, 5.41) is -3.05. The third-order valence-electron chi connectivity index (χ3n) is 7.83. The number of fused-ring (bicyclic) bond motifs is 2. The Bertz CT molecular complexity index is 1810. The van der Waals surface area contributed by atoms with Crippen LogP contribution in [0, 0.1) is 5.92 Å². The van der Waals surface area contributed by atoms with Crippen molar-refractivity contribution in [1.29, 1.82) is 0 Å². The molecule has 2 aliphatic heterocycles. The van der Waals surface area contributed by atoms with Gasteiger partial charge in [-0.05, 0) is 41.5 Å². The van der Waals surface area contributed by atoms with Crippen LogP contribution in [-0.4, -0.2) is 44.2 Å². The third-order valence-corrected chi connectivity index (χ3v) is 12.4. The molecular weight excluding hydrogens is 570 g/mol. The minimum absolute atomic E-state index is 0.00895. The molecule has 9 heteroatoms. The molecule has 1 saturated heterocycles. The molecule has 4 aromatic rings. The van der Waals surface area contributed by atoms with Gasteiger partial charge in [0.15, 0.2) is 19.7 Å². The zero-order chi connectivity index (χ0) is 29.3. The second-order valence-electron chi connectivity index (χ2n) is 10.4. The average Bonchev–Trinajstić information content (AvgIpc) is 3.03. The first-order chi connectivity index (χ1) is 20.3. The summed E-state index contributed by atoms with van der Waals surface area (Å²) >= 11 is 0. The van der Waals surface area contributed by atoms with Crippen LogP contribution in [0.2, 0.25) is 0 Å². The highest BCUT2D eigenvalue weighted by molar-refractivity contribution is 7.96. The second kappa shape index (κ2) is 11.2. The van der Waals surface area contributed by atoms with Crippen molar-refractivity contribution in [2.24, 2.45) is 5.92 Å². The first-order valence-electron chi connectivity index (χ1n) is 13.6. The summed E-state index contributed by atoms with van der Waals surface area (Å²) in [7, 11) is -8.57. The van der Waals surface area contributed by atoms with Crippen LogP contribution in [0.5, 0.6) is 0 Å².